The fraction of sp³-hybridized carbons (Fsp3) is 0.150. The van der Waals surface area contributed by atoms with Crippen LogP contribution in [0.15, 0.2) is 155 Å². The lowest BCUT2D eigenvalue weighted by molar-refractivity contribution is 0.595. The summed E-state index contributed by atoms with van der Waals surface area (Å²) >= 11 is 1.79. The Morgan fingerprint density at radius 2 is 1.00 bits per heavy atom. The Kier molecular flexibility index (Phi) is 13.5. The van der Waals surface area contributed by atoms with Crippen molar-refractivity contribution in [3.8, 4) is 0 Å². The normalized spacial score (nSPS) is 17.5. The number of sulfone groups is 4. The van der Waals surface area contributed by atoms with Crippen molar-refractivity contribution < 1.29 is 50.5 Å². The summed E-state index contributed by atoms with van der Waals surface area (Å²) in [5.41, 5.74) is 3.06. The van der Waals surface area contributed by atoms with Gasteiger partial charge in [-0.15, -0.1) is 11.3 Å². The zero-order valence-electron chi connectivity index (χ0n) is 31.7. The van der Waals surface area contributed by atoms with E-state index in [0.717, 1.165) is 23.3 Å². The Balaban J connectivity index is 0.000000129. The van der Waals surface area contributed by atoms with Gasteiger partial charge in [-0.05, 0) is 107 Å². The van der Waals surface area contributed by atoms with Crippen LogP contribution < -0.4 is 5.14 Å². The number of nitrogens with two attached hydrogens (primary N) is 1. The first-order valence-corrected chi connectivity index (χ1v) is 29.2. The topological polar surface area (TPSA) is 231 Å². The third-order valence-corrected chi connectivity index (χ3v) is 19.6. The van der Waals surface area contributed by atoms with Crippen LogP contribution in [0, 0.1) is 0 Å². The lowest BCUT2D eigenvalue weighted by Gasteiger charge is -2.01. The van der Waals surface area contributed by atoms with E-state index < -0.39 is 58.4 Å². The standard InChI is InChI=1S/C8H7ClO4S2.C8H9NO4S2.C8H8O2S.C8H6O2S.C8H6S/c2*9-15(12,13)7-2-1-6-3-4-14(10,11)8(6)5-7;2*9-11(10)6-5-7-3-1-2-4-8(7)11;1-2-4-8-7(3-1)5-6-9-8/h1-2,5H,3-4H2;1-2,5H,3-4H2,(H2,9,12,13);1-4H,5-6H2;1-6H;1-6H. The highest BCUT2D eigenvalue weighted by Gasteiger charge is 2.29. The maximum absolute atomic E-state index is 11.5. The van der Waals surface area contributed by atoms with E-state index in [2.05, 4.69) is 35.7 Å². The summed E-state index contributed by atoms with van der Waals surface area (Å²) in [5, 5.41) is 9.62. The highest BCUT2D eigenvalue weighted by molar-refractivity contribution is 8.13. The number of hydrogen-bond donors (Lipinski definition) is 1. The van der Waals surface area contributed by atoms with Gasteiger partial charge < -0.3 is 0 Å². The molecule has 61 heavy (non-hydrogen) atoms. The van der Waals surface area contributed by atoms with Crippen molar-refractivity contribution >= 4 is 96.6 Å². The molecule has 4 aliphatic heterocycles. The second-order valence-corrected chi connectivity index (χ2v) is 26.8. The van der Waals surface area contributed by atoms with E-state index in [1.807, 2.05) is 18.2 Å². The molecule has 0 atom stereocenters. The molecule has 5 heterocycles. The molecule has 0 amide bonds. The number of rotatable bonds is 2. The molecule has 0 aliphatic carbocycles. The van der Waals surface area contributed by atoms with Gasteiger partial charge in [-0.25, -0.2) is 55.6 Å². The van der Waals surface area contributed by atoms with Gasteiger partial charge in [0, 0.05) is 20.8 Å². The number of fused-ring (bicyclic) bond motifs is 5. The van der Waals surface area contributed by atoms with Gasteiger partial charge in [-0.3, -0.25) is 0 Å². The van der Waals surface area contributed by atoms with Crippen molar-refractivity contribution in [2.45, 2.75) is 48.6 Å². The van der Waals surface area contributed by atoms with Gasteiger partial charge in [0.05, 0.1) is 46.6 Å². The van der Waals surface area contributed by atoms with Crippen LogP contribution in [0.1, 0.15) is 22.3 Å². The highest BCUT2D eigenvalue weighted by atomic mass is 35.7. The third-order valence-electron chi connectivity index (χ3n) is 9.60. The number of primary sulfonamides is 1. The van der Waals surface area contributed by atoms with Crippen molar-refractivity contribution in [3.05, 3.63) is 148 Å². The summed E-state index contributed by atoms with van der Waals surface area (Å²) in [6, 6.07) is 32.6. The number of sulfonamides is 1. The van der Waals surface area contributed by atoms with Gasteiger partial charge in [0.15, 0.2) is 39.3 Å². The maximum Gasteiger partial charge on any atom is 0.261 e. The molecular weight excluding hydrogens is 946 g/mol. The third kappa shape index (κ3) is 11.0. The number of benzene rings is 5. The first kappa shape index (κ1) is 46.3. The average Bonchev–Trinajstić information content (AvgIpc) is 4.02. The molecule has 0 radical (unpaired) electrons. The summed E-state index contributed by atoms with van der Waals surface area (Å²) < 4.78 is 136. The fourth-order valence-corrected chi connectivity index (χ4v) is 14.7. The summed E-state index contributed by atoms with van der Waals surface area (Å²) in [5.74, 6) is 0.358. The van der Waals surface area contributed by atoms with Crippen LogP contribution in [-0.2, 0) is 77.7 Å². The fourth-order valence-electron chi connectivity index (χ4n) is 6.49. The summed E-state index contributed by atoms with van der Waals surface area (Å²) in [6.07, 6.45) is 3.16. The van der Waals surface area contributed by atoms with Crippen molar-refractivity contribution in [3.63, 3.8) is 0 Å². The second kappa shape index (κ2) is 17.9. The van der Waals surface area contributed by atoms with Crippen LogP contribution in [0.3, 0.4) is 0 Å². The monoisotopic (exact) mass is 981 g/mol. The minimum Gasteiger partial charge on any atom is -0.225 e. The van der Waals surface area contributed by atoms with Crippen LogP contribution in [0.2, 0.25) is 0 Å². The van der Waals surface area contributed by atoms with E-state index in [-0.39, 0.29) is 36.8 Å². The van der Waals surface area contributed by atoms with E-state index in [1.54, 1.807) is 47.7 Å². The molecule has 0 spiro atoms. The number of aryl methyl sites for hydroxylation is 3. The molecule has 10 rings (SSSR count). The molecule has 6 aromatic rings. The smallest absolute Gasteiger partial charge is 0.225 e. The van der Waals surface area contributed by atoms with Crippen molar-refractivity contribution in [1.82, 2.24) is 0 Å². The molecule has 0 saturated heterocycles. The zero-order valence-corrected chi connectivity index (χ0v) is 38.1. The van der Waals surface area contributed by atoms with Crippen molar-refractivity contribution in [1.29, 1.82) is 0 Å². The molecule has 0 bridgehead atoms. The van der Waals surface area contributed by atoms with Crippen LogP contribution in [0.5, 0.6) is 0 Å². The van der Waals surface area contributed by atoms with E-state index in [9.17, 15) is 50.5 Å². The molecule has 322 valence electrons. The highest BCUT2D eigenvalue weighted by Crippen LogP contribution is 2.30. The molecule has 0 fully saturated rings. The lowest BCUT2D eigenvalue weighted by atomic mass is 10.2. The lowest BCUT2D eigenvalue weighted by Crippen LogP contribution is -2.12. The SMILES string of the molecule is NS(=O)(=O)c1ccc2c(c1)S(=O)(=O)CC2.O=S(=O)(Cl)c1ccc2c(c1)S(=O)(=O)CC2.O=S1(=O)C=Cc2ccccc21.O=S1(=O)CCc2ccccc21.c1ccc2sccc2c1. The van der Waals surface area contributed by atoms with E-state index in [1.165, 1.54) is 39.8 Å². The Labute approximate surface area is 363 Å². The Morgan fingerprint density at radius 1 is 0.525 bits per heavy atom. The minimum absolute atomic E-state index is 0.0358. The molecule has 13 nitrogen and oxygen atoms in total. The first-order valence-electron chi connectivity index (χ1n) is 17.9. The van der Waals surface area contributed by atoms with E-state index in [0.29, 0.717) is 40.2 Å². The molecule has 4 aliphatic rings. The number of thiophene rings is 1. The van der Waals surface area contributed by atoms with Gasteiger partial charge in [0.25, 0.3) is 9.05 Å². The molecule has 21 heteroatoms. The van der Waals surface area contributed by atoms with E-state index in [4.69, 9.17) is 15.8 Å². The Hall–Kier alpha value is -4.25. The molecule has 2 N–H and O–H groups in total. The second-order valence-electron chi connectivity index (χ2n) is 13.7. The van der Waals surface area contributed by atoms with E-state index >= 15 is 0 Å². The van der Waals surface area contributed by atoms with Crippen LogP contribution >= 0.6 is 22.0 Å². The number of hydrogen-bond acceptors (Lipinski definition) is 13. The molecule has 0 saturated carbocycles. The first-order chi connectivity index (χ1) is 28.5. The van der Waals surface area contributed by atoms with Gasteiger partial charge in [0.1, 0.15) is 0 Å². The summed E-state index contributed by atoms with van der Waals surface area (Å²) in [6.45, 7) is 0. The van der Waals surface area contributed by atoms with Crippen LogP contribution in [0.25, 0.3) is 16.2 Å². The van der Waals surface area contributed by atoms with Crippen LogP contribution in [-0.4, -0.2) is 67.8 Å². The van der Waals surface area contributed by atoms with Gasteiger partial charge >= 0.3 is 0 Å². The average molecular weight is 983 g/mol. The number of halogens is 1. The Bertz CT molecular complexity index is 3230. The molecular formula is C40H36ClNO12S7. The summed E-state index contributed by atoms with van der Waals surface area (Å²) in [4.78, 5) is 0.790. The van der Waals surface area contributed by atoms with Crippen molar-refractivity contribution in [2.24, 2.45) is 5.14 Å². The predicted molar refractivity (Wildman–Crippen MR) is 235 cm³/mol. The maximum atomic E-state index is 11.5. The summed E-state index contributed by atoms with van der Waals surface area (Å²) in [7, 11) is -15.2. The van der Waals surface area contributed by atoms with Gasteiger partial charge in [-0.2, -0.15) is 0 Å². The van der Waals surface area contributed by atoms with Crippen molar-refractivity contribution in [2.75, 3.05) is 17.3 Å². The van der Waals surface area contributed by atoms with Gasteiger partial charge in [-0.1, -0.05) is 66.7 Å². The molecule has 5 aromatic carbocycles. The quantitative estimate of drug-likeness (QED) is 0.198. The Morgan fingerprint density at radius 3 is 1.54 bits per heavy atom. The van der Waals surface area contributed by atoms with Crippen LogP contribution in [0.4, 0.5) is 0 Å². The minimum atomic E-state index is -3.87. The predicted octanol–water partition coefficient (Wildman–Crippen LogP) is 5.97. The largest absolute Gasteiger partial charge is 0.261 e. The molecule has 1 aromatic heterocycles. The van der Waals surface area contributed by atoms with Gasteiger partial charge in [0.2, 0.25) is 10.0 Å². The molecule has 0 unspecified atom stereocenters. The zero-order chi connectivity index (χ0) is 44.4.